The molecule has 2 N–H and O–H groups in total. The highest BCUT2D eigenvalue weighted by molar-refractivity contribution is 14.0. The molecule has 3 heterocycles. The van der Waals surface area contributed by atoms with Crippen molar-refractivity contribution in [3.8, 4) is 11.5 Å². The number of piperidine rings is 1. The van der Waals surface area contributed by atoms with Crippen LogP contribution in [0.4, 0.5) is 0 Å². The summed E-state index contributed by atoms with van der Waals surface area (Å²) in [4.78, 5) is 15.6. The van der Waals surface area contributed by atoms with E-state index in [-0.39, 0.29) is 24.0 Å². The highest BCUT2D eigenvalue weighted by Gasteiger charge is 2.24. The molecule has 8 nitrogen and oxygen atoms in total. The first-order valence-corrected chi connectivity index (χ1v) is 9.55. The largest absolute Gasteiger partial charge is 0.444 e. The van der Waals surface area contributed by atoms with Crippen molar-refractivity contribution >= 4 is 29.9 Å². The zero-order chi connectivity index (χ0) is 19.3. The zero-order valence-electron chi connectivity index (χ0n) is 16.6. The summed E-state index contributed by atoms with van der Waals surface area (Å²) in [5.41, 5.74) is 3.05. The third kappa shape index (κ3) is 5.14. The van der Waals surface area contributed by atoms with E-state index in [0.29, 0.717) is 18.4 Å². The van der Waals surface area contributed by atoms with Gasteiger partial charge in [-0.15, -0.1) is 24.0 Å². The maximum atomic E-state index is 5.64. The Morgan fingerprint density at radius 2 is 2.03 bits per heavy atom. The average molecular weight is 507 g/mol. The van der Waals surface area contributed by atoms with Gasteiger partial charge in [0.05, 0.1) is 12.2 Å². The van der Waals surface area contributed by atoms with Crippen LogP contribution in [0.3, 0.4) is 0 Å². The Labute approximate surface area is 187 Å². The van der Waals surface area contributed by atoms with Crippen LogP contribution in [0, 0.1) is 6.92 Å². The summed E-state index contributed by atoms with van der Waals surface area (Å²) in [6.45, 7) is 4.50. The van der Waals surface area contributed by atoms with Crippen LogP contribution in [-0.2, 0) is 6.54 Å². The van der Waals surface area contributed by atoms with Crippen molar-refractivity contribution in [2.75, 3.05) is 20.1 Å². The van der Waals surface area contributed by atoms with Crippen LogP contribution < -0.4 is 5.32 Å². The lowest BCUT2D eigenvalue weighted by Gasteiger charge is -2.33. The summed E-state index contributed by atoms with van der Waals surface area (Å²) in [7, 11) is 1.81. The number of aromatic amines is 1. The lowest BCUT2D eigenvalue weighted by atomic mass is 9.96. The average Bonchev–Trinajstić information content (AvgIpc) is 3.42. The third-order valence-corrected chi connectivity index (χ3v) is 5.10. The first-order chi connectivity index (χ1) is 13.7. The van der Waals surface area contributed by atoms with Crippen molar-refractivity contribution in [3.05, 3.63) is 53.9 Å². The molecule has 9 heteroatoms. The lowest BCUT2D eigenvalue weighted by molar-refractivity contribution is 0.298. The van der Waals surface area contributed by atoms with Gasteiger partial charge in [0.1, 0.15) is 18.4 Å². The molecule has 2 aromatic heterocycles. The number of benzene rings is 1. The number of nitrogens with zero attached hydrogens (tertiary/aromatic N) is 5. The van der Waals surface area contributed by atoms with Crippen LogP contribution in [0.1, 0.15) is 35.8 Å². The number of aromatic nitrogens is 4. The number of hydrogen-bond donors (Lipinski definition) is 2. The van der Waals surface area contributed by atoms with E-state index in [1.54, 1.807) is 12.6 Å². The minimum atomic E-state index is 0. The Morgan fingerprint density at radius 1 is 1.28 bits per heavy atom. The van der Waals surface area contributed by atoms with Gasteiger partial charge in [-0.25, -0.2) is 9.97 Å². The maximum absolute atomic E-state index is 5.64. The van der Waals surface area contributed by atoms with E-state index in [1.807, 2.05) is 19.2 Å². The number of likely N-dealkylation sites (tertiary alicyclic amines) is 1. The van der Waals surface area contributed by atoms with Gasteiger partial charge < -0.3 is 14.6 Å². The van der Waals surface area contributed by atoms with Gasteiger partial charge in [-0.1, -0.05) is 17.7 Å². The van der Waals surface area contributed by atoms with Crippen LogP contribution in [0.5, 0.6) is 0 Å². The summed E-state index contributed by atoms with van der Waals surface area (Å²) in [5.74, 6) is 2.94. The van der Waals surface area contributed by atoms with Crippen molar-refractivity contribution < 1.29 is 4.42 Å². The minimum Gasteiger partial charge on any atom is -0.444 e. The molecule has 0 atom stereocenters. The molecule has 0 unspecified atom stereocenters. The molecule has 1 aliphatic heterocycles. The number of halogens is 1. The van der Waals surface area contributed by atoms with Gasteiger partial charge in [0, 0.05) is 31.6 Å². The first-order valence-electron chi connectivity index (χ1n) is 9.55. The van der Waals surface area contributed by atoms with E-state index in [1.165, 1.54) is 5.56 Å². The summed E-state index contributed by atoms with van der Waals surface area (Å²) < 4.78 is 5.64. The Morgan fingerprint density at radius 3 is 2.69 bits per heavy atom. The van der Waals surface area contributed by atoms with E-state index < -0.39 is 0 Å². The van der Waals surface area contributed by atoms with Gasteiger partial charge in [-0.2, -0.15) is 5.10 Å². The van der Waals surface area contributed by atoms with Gasteiger partial charge in [0.15, 0.2) is 5.96 Å². The van der Waals surface area contributed by atoms with Gasteiger partial charge in [0.2, 0.25) is 5.89 Å². The number of guanidine groups is 1. The molecule has 154 valence electrons. The molecule has 3 aromatic rings. The number of nitrogens with one attached hydrogen (secondary N) is 2. The standard InChI is InChI=1S/C20H25N7O.HI/c1-14-3-5-16(6-4-14)19-25-17(12-28-19)11-22-20(21-2)27-9-7-15(8-10-27)18-23-13-24-26-18;/h3-6,12-13,15H,7-11H2,1-2H3,(H,21,22)(H,23,24,26);1H. The van der Waals surface area contributed by atoms with Crippen LogP contribution >= 0.6 is 24.0 Å². The number of aliphatic imine (C=N–C) groups is 1. The van der Waals surface area contributed by atoms with Crippen LogP contribution in [0.2, 0.25) is 0 Å². The predicted octanol–water partition coefficient (Wildman–Crippen LogP) is 3.34. The molecular weight excluding hydrogens is 481 g/mol. The van der Waals surface area contributed by atoms with Crippen molar-refractivity contribution in [3.63, 3.8) is 0 Å². The molecule has 0 aliphatic carbocycles. The monoisotopic (exact) mass is 507 g/mol. The molecule has 1 aliphatic rings. The van der Waals surface area contributed by atoms with Gasteiger partial charge >= 0.3 is 0 Å². The normalized spacial score (nSPS) is 15.2. The first kappa shape index (κ1) is 21.3. The van der Waals surface area contributed by atoms with E-state index in [9.17, 15) is 0 Å². The van der Waals surface area contributed by atoms with Crippen molar-refractivity contribution in [1.29, 1.82) is 0 Å². The second-order valence-electron chi connectivity index (χ2n) is 7.04. The molecule has 4 rings (SSSR count). The second-order valence-corrected chi connectivity index (χ2v) is 7.04. The molecule has 0 spiro atoms. The number of H-pyrrole nitrogens is 1. The lowest BCUT2D eigenvalue weighted by Crippen LogP contribution is -2.45. The Kier molecular flexibility index (Phi) is 7.24. The van der Waals surface area contributed by atoms with Gasteiger partial charge in [-0.05, 0) is 31.9 Å². The Hall–Kier alpha value is -2.43. The van der Waals surface area contributed by atoms with E-state index >= 15 is 0 Å². The third-order valence-electron chi connectivity index (χ3n) is 5.10. The van der Waals surface area contributed by atoms with Crippen molar-refractivity contribution in [1.82, 2.24) is 30.4 Å². The summed E-state index contributed by atoms with van der Waals surface area (Å²) >= 11 is 0. The topological polar surface area (TPSA) is 95.2 Å². The van der Waals surface area contributed by atoms with E-state index in [2.05, 4.69) is 54.4 Å². The fraction of sp³-hybridized carbons (Fsp3) is 0.400. The van der Waals surface area contributed by atoms with Crippen LogP contribution in [0.15, 0.2) is 46.3 Å². The highest BCUT2D eigenvalue weighted by atomic mass is 127. The Bertz CT molecular complexity index is 913. The van der Waals surface area contributed by atoms with Gasteiger partial charge in [0.25, 0.3) is 0 Å². The molecule has 1 saturated heterocycles. The minimum absolute atomic E-state index is 0. The van der Waals surface area contributed by atoms with E-state index in [4.69, 9.17) is 4.42 Å². The molecule has 1 aromatic carbocycles. The number of rotatable bonds is 4. The summed E-state index contributed by atoms with van der Waals surface area (Å²) in [6.07, 6.45) is 5.32. The predicted molar refractivity (Wildman–Crippen MR) is 122 cm³/mol. The SMILES string of the molecule is CN=C(NCc1coc(-c2ccc(C)cc2)n1)N1CCC(c2ncn[nH]2)CC1.I. The number of oxazole rings is 1. The van der Waals surface area contributed by atoms with Gasteiger partial charge in [-0.3, -0.25) is 10.1 Å². The zero-order valence-corrected chi connectivity index (χ0v) is 19.0. The van der Waals surface area contributed by atoms with Crippen molar-refractivity contribution in [2.24, 2.45) is 4.99 Å². The highest BCUT2D eigenvalue weighted by Crippen LogP contribution is 2.25. The summed E-state index contributed by atoms with van der Waals surface area (Å²) in [5, 5.41) is 10.3. The maximum Gasteiger partial charge on any atom is 0.226 e. The molecule has 0 saturated carbocycles. The fourth-order valence-corrected chi connectivity index (χ4v) is 3.50. The molecule has 0 bridgehead atoms. The summed E-state index contributed by atoms with van der Waals surface area (Å²) in [6, 6.07) is 8.16. The second kappa shape index (κ2) is 9.86. The number of aryl methyl sites for hydroxylation is 1. The quantitative estimate of drug-likeness (QED) is 0.320. The van der Waals surface area contributed by atoms with Crippen LogP contribution in [-0.4, -0.2) is 51.2 Å². The molecule has 1 fully saturated rings. The molecule has 0 radical (unpaired) electrons. The van der Waals surface area contributed by atoms with Crippen molar-refractivity contribution in [2.45, 2.75) is 32.2 Å². The smallest absolute Gasteiger partial charge is 0.226 e. The molecular formula is C20H26IN7O. The molecule has 29 heavy (non-hydrogen) atoms. The van der Waals surface area contributed by atoms with E-state index in [0.717, 1.165) is 49.0 Å². The fourth-order valence-electron chi connectivity index (χ4n) is 3.50. The number of hydrogen-bond acceptors (Lipinski definition) is 5. The molecule has 0 amide bonds. The van der Waals surface area contributed by atoms with Crippen LogP contribution in [0.25, 0.3) is 11.5 Å². The Balaban J connectivity index is 0.00000240.